The van der Waals surface area contributed by atoms with Gasteiger partial charge in [0.2, 0.25) is 5.88 Å². The number of piperidine rings is 1. The van der Waals surface area contributed by atoms with Crippen molar-refractivity contribution in [3.8, 4) is 5.88 Å². The number of aromatic nitrogens is 2. The molecule has 0 aromatic carbocycles. The van der Waals surface area contributed by atoms with Gasteiger partial charge in [0.05, 0.1) is 6.54 Å². The molecule has 0 bridgehead atoms. The Hall–Kier alpha value is -2.91. The molecule has 1 aromatic rings. The molecule has 1 atom stereocenters. The Morgan fingerprint density at radius 2 is 1.96 bits per heavy atom. The summed E-state index contributed by atoms with van der Waals surface area (Å²) in [6.45, 7) is 3.72. The van der Waals surface area contributed by atoms with Crippen LogP contribution >= 0.6 is 0 Å². The molecule has 152 valence electrons. The summed E-state index contributed by atoms with van der Waals surface area (Å²) in [5.74, 6) is -0.260. The summed E-state index contributed by atoms with van der Waals surface area (Å²) in [5, 5.41) is 8.14. The van der Waals surface area contributed by atoms with Crippen molar-refractivity contribution in [3.05, 3.63) is 12.1 Å². The summed E-state index contributed by atoms with van der Waals surface area (Å²) in [5.41, 5.74) is 0. The number of piperazine rings is 1. The Bertz CT molecular complexity index is 738. The second-order valence-corrected chi connectivity index (χ2v) is 7.08. The largest absolute Gasteiger partial charge is 0.471 e. The molecular weight excluding hydrogens is 364 g/mol. The molecule has 2 saturated heterocycles. The van der Waals surface area contributed by atoms with E-state index in [1.54, 1.807) is 11.0 Å². The van der Waals surface area contributed by atoms with Crippen molar-refractivity contribution in [1.29, 1.82) is 0 Å². The van der Waals surface area contributed by atoms with E-state index >= 15 is 0 Å². The lowest BCUT2D eigenvalue weighted by Gasteiger charge is -2.38. The van der Waals surface area contributed by atoms with Crippen LogP contribution in [0.25, 0.3) is 0 Å². The molecule has 0 saturated carbocycles. The molecule has 1 unspecified atom stereocenters. The first-order valence-electron chi connectivity index (χ1n) is 9.48. The second-order valence-electron chi connectivity index (χ2n) is 7.08. The fourth-order valence-corrected chi connectivity index (χ4v) is 3.32. The van der Waals surface area contributed by atoms with Crippen LogP contribution in [0.2, 0.25) is 0 Å². The molecule has 3 heterocycles. The number of nitrogens with zero attached hydrogens (tertiary/aromatic N) is 6. The van der Waals surface area contributed by atoms with Crippen molar-refractivity contribution in [3.63, 3.8) is 0 Å². The average molecular weight is 390 g/mol. The number of likely N-dealkylation sites (N-methyl/N-ethyl adjacent to an activating group) is 1. The van der Waals surface area contributed by atoms with Gasteiger partial charge in [0.15, 0.2) is 5.82 Å². The SMILES string of the molecule is CCN1CCN(C(=O)N2CCCC(Oc3ccc(N(C)C)nn3)C2)C(=O)C1=O. The van der Waals surface area contributed by atoms with Gasteiger partial charge in [-0.15, -0.1) is 10.2 Å². The van der Waals surface area contributed by atoms with E-state index in [1.165, 1.54) is 4.90 Å². The third kappa shape index (κ3) is 4.15. The molecule has 2 aliphatic heterocycles. The Kier molecular flexibility index (Phi) is 5.96. The zero-order chi connectivity index (χ0) is 20.3. The van der Waals surface area contributed by atoms with Crippen LogP contribution in [0, 0.1) is 0 Å². The van der Waals surface area contributed by atoms with Crippen LogP contribution in [0.1, 0.15) is 19.8 Å². The summed E-state index contributed by atoms with van der Waals surface area (Å²) < 4.78 is 5.88. The van der Waals surface area contributed by atoms with Gasteiger partial charge in [-0.3, -0.25) is 14.5 Å². The number of anilines is 1. The molecule has 0 spiro atoms. The first kappa shape index (κ1) is 19.8. The fraction of sp³-hybridized carbons (Fsp3) is 0.611. The molecule has 28 heavy (non-hydrogen) atoms. The third-order valence-corrected chi connectivity index (χ3v) is 4.94. The number of carbonyl (C=O) groups excluding carboxylic acids is 3. The number of rotatable bonds is 4. The van der Waals surface area contributed by atoms with Crippen molar-refractivity contribution in [2.24, 2.45) is 0 Å². The average Bonchev–Trinajstić information content (AvgIpc) is 2.70. The van der Waals surface area contributed by atoms with Crippen molar-refractivity contribution < 1.29 is 19.1 Å². The Labute approximate surface area is 164 Å². The molecule has 1 aromatic heterocycles. The highest BCUT2D eigenvalue weighted by Crippen LogP contribution is 2.19. The third-order valence-electron chi connectivity index (χ3n) is 4.94. The molecule has 0 radical (unpaired) electrons. The predicted octanol–water partition coefficient (Wildman–Crippen LogP) is 0.197. The van der Waals surface area contributed by atoms with Crippen LogP contribution in [0.5, 0.6) is 5.88 Å². The normalized spacial score (nSPS) is 20.4. The maximum Gasteiger partial charge on any atom is 0.327 e. The van der Waals surface area contributed by atoms with Gasteiger partial charge in [0.1, 0.15) is 6.10 Å². The maximum absolute atomic E-state index is 12.8. The van der Waals surface area contributed by atoms with E-state index in [1.807, 2.05) is 32.0 Å². The fourth-order valence-electron chi connectivity index (χ4n) is 3.32. The van der Waals surface area contributed by atoms with E-state index in [-0.39, 0.29) is 12.6 Å². The van der Waals surface area contributed by atoms with E-state index in [2.05, 4.69) is 10.2 Å². The lowest BCUT2D eigenvalue weighted by Crippen LogP contribution is -2.60. The van der Waals surface area contributed by atoms with Crippen molar-refractivity contribution in [1.82, 2.24) is 24.9 Å². The number of hydrogen-bond donors (Lipinski definition) is 0. The van der Waals surface area contributed by atoms with Gasteiger partial charge < -0.3 is 19.4 Å². The Morgan fingerprint density at radius 1 is 1.18 bits per heavy atom. The zero-order valence-electron chi connectivity index (χ0n) is 16.5. The standard InChI is InChI=1S/C18H26N6O4/c1-4-22-10-11-24(17(26)16(22)25)18(27)23-9-5-6-13(12-23)28-15-8-7-14(19-20-15)21(2)3/h7-8,13H,4-6,9-12H2,1-3H3. The van der Waals surface area contributed by atoms with E-state index in [9.17, 15) is 14.4 Å². The topological polar surface area (TPSA) is 99.2 Å². The minimum Gasteiger partial charge on any atom is -0.471 e. The van der Waals surface area contributed by atoms with Crippen LogP contribution < -0.4 is 9.64 Å². The Morgan fingerprint density at radius 3 is 2.61 bits per heavy atom. The zero-order valence-corrected chi connectivity index (χ0v) is 16.5. The number of hydrogen-bond acceptors (Lipinski definition) is 7. The number of urea groups is 1. The number of imide groups is 1. The van der Waals surface area contributed by atoms with Gasteiger partial charge in [-0.2, -0.15) is 0 Å². The summed E-state index contributed by atoms with van der Waals surface area (Å²) in [6.07, 6.45) is 1.29. The van der Waals surface area contributed by atoms with Gasteiger partial charge in [0.25, 0.3) is 0 Å². The molecule has 4 amide bonds. The molecule has 2 fully saturated rings. The molecule has 10 heteroatoms. The minimum atomic E-state index is -0.758. The molecule has 10 nitrogen and oxygen atoms in total. The van der Waals surface area contributed by atoms with E-state index in [0.717, 1.165) is 23.6 Å². The first-order chi connectivity index (χ1) is 13.4. The lowest BCUT2D eigenvalue weighted by atomic mass is 10.1. The number of carbonyl (C=O) groups is 3. The van der Waals surface area contributed by atoms with Crippen LogP contribution in [-0.4, -0.2) is 95.7 Å². The molecule has 3 rings (SSSR count). The maximum atomic E-state index is 12.8. The first-order valence-corrected chi connectivity index (χ1v) is 9.48. The predicted molar refractivity (Wildman–Crippen MR) is 101 cm³/mol. The van der Waals surface area contributed by atoms with Crippen LogP contribution in [0.3, 0.4) is 0 Å². The van der Waals surface area contributed by atoms with Crippen LogP contribution in [0.4, 0.5) is 10.6 Å². The van der Waals surface area contributed by atoms with Gasteiger partial charge in [-0.05, 0) is 25.8 Å². The highest BCUT2D eigenvalue weighted by Gasteiger charge is 2.38. The van der Waals surface area contributed by atoms with Gasteiger partial charge in [-0.25, -0.2) is 4.79 Å². The van der Waals surface area contributed by atoms with E-state index < -0.39 is 17.8 Å². The van der Waals surface area contributed by atoms with E-state index in [0.29, 0.717) is 32.1 Å². The van der Waals surface area contributed by atoms with Crippen LogP contribution in [0.15, 0.2) is 12.1 Å². The quantitative estimate of drug-likeness (QED) is 0.677. The van der Waals surface area contributed by atoms with E-state index in [4.69, 9.17) is 4.74 Å². The van der Waals surface area contributed by atoms with Crippen LogP contribution in [-0.2, 0) is 9.59 Å². The van der Waals surface area contributed by atoms with Crippen molar-refractivity contribution in [2.45, 2.75) is 25.9 Å². The highest BCUT2D eigenvalue weighted by atomic mass is 16.5. The molecule has 0 aliphatic carbocycles. The molecule has 2 aliphatic rings. The summed E-state index contributed by atoms with van der Waals surface area (Å²) in [6, 6.07) is 3.12. The summed E-state index contributed by atoms with van der Waals surface area (Å²) in [4.78, 5) is 43.0. The number of likely N-dealkylation sites (tertiary alicyclic amines) is 1. The summed E-state index contributed by atoms with van der Waals surface area (Å²) in [7, 11) is 3.75. The second kappa shape index (κ2) is 8.41. The smallest absolute Gasteiger partial charge is 0.327 e. The van der Waals surface area contributed by atoms with Crippen molar-refractivity contribution in [2.75, 3.05) is 51.7 Å². The Balaban J connectivity index is 1.60. The van der Waals surface area contributed by atoms with Gasteiger partial charge >= 0.3 is 17.8 Å². The lowest BCUT2D eigenvalue weighted by molar-refractivity contribution is -0.154. The monoisotopic (exact) mass is 390 g/mol. The number of ether oxygens (including phenoxy) is 1. The highest BCUT2D eigenvalue weighted by molar-refractivity contribution is 6.38. The minimum absolute atomic E-state index is 0.219. The molecule has 0 N–H and O–H groups in total. The van der Waals surface area contributed by atoms with Gasteiger partial charge in [0, 0.05) is 46.3 Å². The number of amides is 4. The summed E-state index contributed by atoms with van der Waals surface area (Å²) >= 11 is 0. The van der Waals surface area contributed by atoms with Crippen molar-refractivity contribution >= 4 is 23.7 Å². The molecular formula is C18H26N6O4. The van der Waals surface area contributed by atoms with Gasteiger partial charge in [-0.1, -0.05) is 0 Å².